The Kier molecular flexibility index (Phi) is 5.44. The lowest BCUT2D eigenvalue weighted by molar-refractivity contribution is 0.212. The average Bonchev–Trinajstić information content (AvgIpc) is 3.07. The molecule has 0 radical (unpaired) electrons. The number of fused-ring (bicyclic) bond motifs is 1. The lowest BCUT2D eigenvalue weighted by Gasteiger charge is -2.31. The van der Waals surface area contributed by atoms with E-state index in [0.29, 0.717) is 18.7 Å². The Hall–Kier alpha value is -2.66. The van der Waals surface area contributed by atoms with E-state index in [1.807, 2.05) is 49.5 Å². The summed E-state index contributed by atoms with van der Waals surface area (Å²) < 4.78 is 36.3. The highest BCUT2D eigenvalue weighted by molar-refractivity contribution is 5.35. The number of halogens is 2. The quantitative estimate of drug-likeness (QED) is 0.606. The minimum absolute atomic E-state index is 0.284. The number of aryl methyl sites for hydroxylation is 1. The van der Waals surface area contributed by atoms with Crippen molar-refractivity contribution >= 4 is 0 Å². The monoisotopic (exact) mass is 382 g/mol. The molecule has 3 nitrogen and oxygen atoms in total. The van der Waals surface area contributed by atoms with Crippen molar-refractivity contribution in [2.24, 2.45) is 0 Å². The molecular formula is C23H24F2N2O. The normalized spacial score (nSPS) is 17.2. The summed E-state index contributed by atoms with van der Waals surface area (Å²) in [7, 11) is 0. The van der Waals surface area contributed by atoms with Crippen LogP contribution < -0.4 is 4.74 Å². The van der Waals surface area contributed by atoms with Crippen LogP contribution in [0, 0.1) is 11.6 Å². The van der Waals surface area contributed by atoms with Gasteiger partial charge in [-0.15, -0.1) is 0 Å². The Morgan fingerprint density at radius 2 is 1.89 bits per heavy atom. The van der Waals surface area contributed by atoms with Gasteiger partial charge in [0.05, 0.1) is 12.6 Å². The van der Waals surface area contributed by atoms with Gasteiger partial charge in [-0.3, -0.25) is 4.90 Å². The standard InChI is InChI=1S/C23H24F2N2O/c1-2-28-22-9-4-3-7-17(22)16-27-14-6-13-26-12-5-8-21(26)23(27)19-11-10-18(24)15-20(19)25/h3-5,7-12,15,23H,2,6,13-14,16H2,1H3. The zero-order valence-corrected chi connectivity index (χ0v) is 15.9. The number of nitrogens with zero attached hydrogens (tertiary/aromatic N) is 2. The predicted molar refractivity (Wildman–Crippen MR) is 105 cm³/mol. The Morgan fingerprint density at radius 3 is 2.71 bits per heavy atom. The average molecular weight is 382 g/mol. The minimum atomic E-state index is -0.557. The summed E-state index contributed by atoms with van der Waals surface area (Å²) in [6, 6.07) is 15.6. The van der Waals surface area contributed by atoms with Crippen LogP contribution in [0.3, 0.4) is 0 Å². The topological polar surface area (TPSA) is 17.4 Å². The molecule has 5 heteroatoms. The fourth-order valence-electron chi connectivity index (χ4n) is 4.04. The van der Waals surface area contributed by atoms with E-state index < -0.39 is 11.6 Å². The molecule has 0 bridgehead atoms. The lowest BCUT2D eigenvalue weighted by Crippen LogP contribution is -2.30. The molecule has 28 heavy (non-hydrogen) atoms. The second-order valence-electron chi connectivity index (χ2n) is 7.06. The van der Waals surface area contributed by atoms with Gasteiger partial charge < -0.3 is 9.30 Å². The van der Waals surface area contributed by atoms with Gasteiger partial charge >= 0.3 is 0 Å². The lowest BCUT2D eigenvalue weighted by atomic mass is 10.00. The van der Waals surface area contributed by atoms with Gasteiger partial charge in [0, 0.05) is 48.7 Å². The van der Waals surface area contributed by atoms with Crippen LogP contribution in [0.5, 0.6) is 5.75 Å². The Morgan fingerprint density at radius 1 is 1.04 bits per heavy atom. The molecule has 0 amide bonds. The second-order valence-corrected chi connectivity index (χ2v) is 7.06. The van der Waals surface area contributed by atoms with Crippen LogP contribution in [-0.4, -0.2) is 22.6 Å². The first kappa shape index (κ1) is 18.7. The van der Waals surface area contributed by atoms with Crippen molar-refractivity contribution in [1.29, 1.82) is 0 Å². The van der Waals surface area contributed by atoms with Gasteiger partial charge in [-0.2, -0.15) is 0 Å². The summed E-state index contributed by atoms with van der Waals surface area (Å²) in [5.41, 5.74) is 2.59. The van der Waals surface area contributed by atoms with Gasteiger partial charge in [-0.1, -0.05) is 24.3 Å². The van der Waals surface area contributed by atoms with Crippen LogP contribution in [0.25, 0.3) is 0 Å². The van der Waals surface area contributed by atoms with E-state index >= 15 is 0 Å². The molecule has 1 atom stereocenters. The highest BCUT2D eigenvalue weighted by Crippen LogP contribution is 2.35. The Balaban J connectivity index is 1.76. The number of benzene rings is 2. The predicted octanol–water partition coefficient (Wildman–Crippen LogP) is 5.16. The molecule has 2 aromatic carbocycles. The van der Waals surface area contributed by atoms with Crippen molar-refractivity contribution in [2.75, 3.05) is 13.2 Å². The summed E-state index contributed by atoms with van der Waals surface area (Å²) in [4.78, 5) is 2.26. The van der Waals surface area contributed by atoms with Crippen molar-refractivity contribution in [3.63, 3.8) is 0 Å². The molecule has 1 aliphatic heterocycles. The fraction of sp³-hybridized carbons (Fsp3) is 0.304. The molecule has 1 aliphatic rings. The molecule has 4 rings (SSSR count). The third-order valence-electron chi connectivity index (χ3n) is 5.26. The van der Waals surface area contributed by atoms with Crippen LogP contribution in [-0.2, 0) is 13.1 Å². The fourth-order valence-corrected chi connectivity index (χ4v) is 4.04. The van der Waals surface area contributed by atoms with Crippen molar-refractivity contribution in [2.45, 2.75) is 32.5 Å². The molecule has 0 saturated carbocycles. The first-order valence-electron chi connectivity index (χ1n) is 9.72. The highest BCUT2D eigenvalue weighted by Gasteiger charge is 2.30. The maximum absolute atomic E-state index is 14.8. The number of hydrogen-bond donors (Lipinski definition) is 0. The van der Waals surface area contributed by atoms with Gasteiger partial charge in [0.2, 0.25) is 0 Å². The van der Waals surface area contributed by atoms with E-state index in [2.05, 4.69) is 9.47 Å². The van der Waals surface area contributed by atoms with E-state index in [9.17, 15) is 8.78 Å². The summed E-state index contributed by atoms with van der Waals surface area (Å²) in [6.45, 7) is 4.87. The van der Waals surface area contributed by atoms with E-state index in [1.165, 1.54) is 6.07 Å². The number of aromatic nitrogens is 1. The van der Waals surface area contributed by atoms with Gasteiger partial charge in [-0.05, 0) is 37.6 Å². The summed E-state index contributed by atoms with van der Waals surface area (Å²) in [5, 5.41) is 0. The van der Waals surface area contributed by atoms with Crippen LogP contribution in [0.2, 0.25) is 0 Å². The van der Waals surface area contributed by atoms with Gasteiger partial charge in [0.25, 0.3) is 0 Å². The zero-order valence-electron chi connectivity index (χ0n) is 15.9. The third-order valence-corrected chi connectivity index (χ3v) is 5.26. The van der Waals surface area contributed by atoms with Gasteiger partial charge in [-0.25, -0.2) is 8.78 Å². The third kappa shape index (κ3) is 3.67. The molecule has 146 valence electrons. The summed E-state index contributed by atoms with van der Waals surface area (Å²) >= 11 is 0. The van der Waals surface area contributed by atoms with Crippen molar-refractivity contribution < 1.29 is 13.5 Å². The first-order chi connectivity index (χ1) is 13.7. The van der Waals surface area contributed by atoms with Crippen molar-refractivity contribution in [1.82, 2.24) is 9.47 Å². The van der Waals surface area contributed by atoms with E-state index in [0.717, 1.165) is 42.6 Å². The smallest absolute Gasteiger partial charge is 0.131 e. The number of ether oxygens (including phenoxy) is 1. The molecule has 0 N–H and O–H groups in total. The molecule has 1 aromatic heterocycles. The van der Waals surface area contributed by atoms with Crippen LogP contribution >= 0.6 is 0 Å². The maximum atomic E-state index is 14.8. The van der Waals surface area contributed by atoms with Gasteiger partial charge in [0.1, 0.15) is 17.4 Å². The Labute approximate surface area is 164 Å². The van der Waals surface area contributed by atoms with E-state index in [4.69, 9.17) is 4.74 Å². The van der Waals surface area contributed by atoms with E-state index in [-0.39, 0.29) is 6.04 Å². The molecule has 0 aliphatic carbocycles. The van der Waals surface area contributed by atoms with Crippen LogP contribution in [0.15, 0.2) is 60.8 Å². The van der Waals surface area contributed by atoms with Gasteiger partial charge in [0.15, 0.2) is 0 Å². The first-order valence-corrected chi connectivity index (χ1v) is 9.72. The molecule has 1 unspecified atom stereocenters. The van der Waals surface area contributed by atoms with Crippen LogP contribution in [0.1, 0.15) is 36.2 Å². The molecule has 3 aromatic rings. The van der Waals surface area contributed by atoms with Crippen molar-refractivity contribution in [3.8, 4) is 5.75 Å². The minimum Gasteiger partial charge on any atom is -0.494 e. The number of hydrogen-bond acceptors (Lipinski definition) is 2. The largest absolute Gasteiger partial charge is 0.494 e. The SMILES string of the molecule is CCOc1ccccc1CN1CCCn2cccc2C1c1ccc(F)cc1F. The number of rotatable bonds is 5. The summed E-state index contributed by atoms with van der Waals surface area (Å²) in [5.74, 6) is -0.218. The molecule has 0 fully saturated rings. The number of para-hydroxylation sites is 1. The van der Waals surface area contributed by atoms with Crippen molar-refractivity contribution in [3.05, 3.63) is 89.2 Å². The molecular weight excluding hydrogens is 358 g/mol. The second kappa shape index (κ2) is 8.15. The summed E-state index contributed by atoms with van der Waals surface area (Å²) in [6.07, 6.45) is 2.99. The van der Waals surface area contributed by atoms with Crippen LogP contribution in [0.4, 0.5) is 8.78 Å². The van der Waals surface area contributed by atoms with E-state index in [1.54, 1.807) is 6.07 Å². The maximum Gasteiger partial charge on any atom is 0.131 e. The Bertz CT molecular complexity index is 953. The zero-order chi connectivity index (χ0) is 19.5. The molecule has 0 saturated heterocycles. The molecule has 2 heterocycles. The molecule has 0 spiro atoms. The highest BCUT2D eigenvalue weighted by atomic mass is 19.1.